The van der Waals surface area contributed by atoms with Crippen LogP contribution in [0.25, 0.3) is 5.69 Å². The lowest BCUT2D eigenvalue weighted by molar-refractivity contribution is 0.212. The summed E-state index contributed by atoms with van der Waals surface area (Å²) in [6.07, 6.45) is 0.667. The van der Waals surface area contributed by atoms with Crippen LogP contribution in [0.15, 0.2) is 60.8 Å². The summed E-state index contributed by atoms with van der Waals surface area (Å²) in [6, 6.07) is 16.7. The third kappa shape index (κ3) is 2.31. The topological polar surface area (TPSA) is 50.9 Å². The molecule has 2 aromatic carbocycles. The Balaban J connectivity index is 2.04. The van der Waals surface area contributed by atoms with Crippen LogP contribution < -0.4 is 0 Å². The van der Waals surface area contributed by atoms with Crippen molar-refractivity contribution in [1.82, 2.24) is 15.0 Å². The van der Waals surface area contributed by atoms with Crippen molar-refractivity contribution in [2.24, 2.45) is 0 Å². The molecule has 0 radical (unpaired) electrons. The first-order chi connectivity index (χ1) is 9.77. The highest BCUT2D eigenvalue weighted by Gasteiger charge is 2.19. The SMILES string of the molecule is OC(c1ccccc1Cl)c1cnnn1-c1ccccc1. The Kier molecular flexibility index (Phi) is 3.50. The molecule has 3 rings (SSSR count). The standard InChI is InChI=1S/C15H12ClN3O/c16-13-9-5-4-8-12(13)15(20)14-10-17-18-19(14)11-6-2-1-3-7-11/h1-10,15,20H. The summed E-state index contributed by atoms with van der Waals surface area (Å²) >= 11 is 6.12. The molecule has 1 N–H and O–H groups in total. The van der Waals surface area contributed by atoms with Gasteiger partial charge in [0.15, 0.2) is 0 Å². The average molecular weight is 286 g/mol. The van der Waals surface area contributed by atoms with Crippen LogP contribution in [-0.2, 0) is 0 Å². The summed E-state index contributed by atoms with van der Waals surface area (Å²) in [5.74, 6) is 0. The summed E-state index contributed by atoms with van der Waals surface area (Å²) < 4.78 is 1.61. The Labute approximate surface area is 121 Å². The Morgan fingerprint density at radius 1 is 1.00 bits per heavy atom. The Morgan fingerprint density at radius 3 is 2.45 bits per heavy atom. The predicted octanol–water partition coefficient (Wildman–Crippen LogP) is 3.00. The van der Waals surface area contributed by atoms with E-state index in [2.05, 4.69) is 10.3 Å². The van der Waals surface area contributed by atoms with Crippen molar-refractivity contribution in [2.45, 2.75) is 6.10 Å². The summed E-state index contributed by atoms with van der Waals surface area (Å²) in [5, 5.41) is 18.9. The minimum absolute atomic E-state index is 0.515. The van der Waals surface area contributed by atoms with Crippen molar-refractivity contribution in [1.29, 1.82) is 0 Å². The first kappa shape index (κ1) is 12.8. The van der Waals surface area contributed by atoms with E-state index in [9.17, 15) is 5.11 Å². The van der Waals surface area contributed by atoms with E-state index in [1.54, 1.807) is 23.0 Å². The molecule has 0 aliphatic carbocycles. The molecule has 0 aliphatic rings. The minimum atomic E-state index is -0.876. The van der Waals surface area contributed by atoms with Crippen LogP contribution in [0.2, 0.25) is 5.02 Å². The summed E-state index contributed by atoms with van der Waals surface area (Å²) in [4.78, 5) is 0. The molecule has 1 unspecified atom stereocenters. The maximum atomic E-state index is 10.5. The number of hydrogen-bond acceptors (Lipinski definition) is 3. The fourth-order valence-corrected chi connectivity index (χ4v) is 2.29. The van der Waals surface area contributed by atoms with Gasteiger partial charge < -0.3 is 5.11 Å². The number of nitrogens with zero attached hydrogens (tertiary/aromatic N) is 3. The molecule has 4 nitrogen and oxygen atoms in total. The number of hydrogen-bond donors (Lipinski definition) is 1. The molecule has 1 aromatic heterocycles. The lowest BCUT2D eigenvalue weighted by Crippen LogP contribution is -2.09. The fourth-order valence-electron chi connectivity index (χ4n) is 2.06. The number of para-hydroxylation sites is 1. The van der Waals surface area contributed by atoms with Crippen LogP contribution in [-0.4, -0.2) is 20.1 Å². The van der Waals surface area contributed by atoms with Gasteiger partial charge in [0.25, 0.3) is 0 Å². The van der Waals surface area contributed by atoms with E-state index >= 15 is 0 Å². The van der Waals surface area contributed by atoms with E-state index in [1.807, 2.05) is 42.5 Å². The van der Waals surface area contributed by atoms with Gasteiger partial charge in [0, 0.05) is 10.6 Å². The number of aliphatic hydroxyl groups excluding tert-OH is 1. The highest BCUT2D eigenvalue weighted by molar-refractivity contribution is 6.31. The van der Waals surface area contributed by atoms with Crippen LogP contribution in [0.3, 0.4) is 0 Å². The van der Waals surface area contributed by atoms with Crippen molar-refractivity contribution in [2.75, 3.05) is 0 Å². The van der Waals surface area contributed by atoms with Gasteiger partial charge in [-0.3, -0.25) is 0 Å². The van der Waals surface area contributed by atoms with E-state index < -0.39 is 6.10 Å². The van der Waals surface area contributed by atoms with E-state index in [-0.39, 0.29) is 0 Å². The highest BCUT2D eigenvalue weighted by Crippen LogP contribution is 2.28. The molecular formula is C15H12ClN3O. The van der Waals surface area contributed by atoms with Gasteiger partial charge in [-0.15, -0.1) is 5.10 Å². The Bertz CT molecular complexity index is 712. The van der Waals surface area contributed by atoms with Gasteiger partial charge in [-0.1, -0.05) is 53.2 Å². The second kappa shape index (κ2) is 5.45. The molecule has 0 aliphatic heterocycles. The van der Waals surface area contributed by atoms with Crippen LogP contribution in [0, 0.1) is 0 Å². The molecule has 5 heteroatoms. The van der Waals surface area contributed by atoms with Crippen LogP contribution in [0.4, 0.5) is 0 Å². The summed E-state index contributed by atoms with van der Waals surface area (Å²) in [7, 11) is 0. The monoisotopic (exact) mass is 285 g/mol. The van der Waals surface area contributed by atoms with Gasteiger partial charge in [-0.2, -0.15) is 0 Å². The zero-order valence-corrected chi connectivity index (χ0v) is 11.3. The summed E-state index contributed by atoms with van der Waals surface area (Å²) in [6.45, 7) is 0. The molecule has 0 saturated heterocycles. The van der Waals surface area contributed by atoms with Crippen molar-refractivity contribution < 1.29 is 5.11 Å². The van der Waals surface area contributed by atoms with Crippen LogP contribution in [0.5, 0.6) is 0 Å². The largest absolute Gasteiger partial charge is 0.382 e. The first-order valence-electron chi connectivity index (χ1n) is 6.16. The molecule has 1 heterocycles. The van der Waals surface area contributed by atoms with Crippen molar-refractivity contribution >= 4 is 11.6 Å². The average Bonchev–Trinajstić information content (AvgIpc) is 2.97. The number of benzene rings is 2. The zero-order chi connectivity index (χ0) is 13.9. The maximum Gasteiger partial charge on any atom is 0.124 e. The lowest BCUT2D eigenvalue weighted by Gasteiger charge is -2.14. The molecule has 0 fully saturated rings. The molecule has 20 heavy (non-hydrogen) atoms. The second-order valence-electron chi connectivity index (χ2n) is 4.33. The first-order valence-corrected chi connectivity index (χ1v) is 6.53. The molecule has 0 bridgehead atoms. The van der Waals surface area contributed by atoms with Crippen LogP contribution >= 0.6 is 11.6 Å². The third-order valence-corrected chi connectivity index (χ3v) is 3.40. The van der Waals surface area contributed by atoms with Gasteiger partial charge in [-0.05, 0) is 18.2 Å². The molecule has 3 aromatic rings. The lowest BCUT2D eigenvalue weighted by atomic mass is 10.1. The van der Waals surface area contributed by atoms with Gasteiger partial charge in [0.1, 0.15) is 6.10 Å². The third-order valence-electron chi connectivity index (χ3n) is 3.06. The number of rotatable bonds is 3. The molecule has 1 atom stereocenters. The molecule has 0 spiro atoms. The van der Waals surface area contributed by atoms with Crippen molar-refractivity contribution in [3.05, 3.63) is 77.1 Å². The Hall–Kier alpha value is -2.17. The predicted molar refractivity (Wildman–Crippen MR) is 76.9 cm³/mol. The fraction of sp³-hybridized carbons (Fsp3) is 0.0667. The quantitative estimate of drug-likeness (QED) is 0.805. The molecule has 0 amide bonds. The van der Waals surface area contributed by atoms with Crippen molar-refractivity contribution in [3.8, 4) is 5.69 Å². The van der Waals surface area contributed by atoms with Crippen LogP contribution in [0.1, 0.15) is 17.4 Å². The molecule has 0 saturated carbocycles. The van der Waals surface area contributed by atoms with Gasteiger partial charge in [0.2, 0.25) is 0 Å². The second-order valence-corrected chi connectivity index (χ2v) is 4.74. The number of aliphatic hydroxyl groups is 1. The maximum absolute atomic E-state index is 10.5. The normalized spacial score (nSPS) is 12.3. The van der Waals surface area contributed by atoms with Gasteiger partial charge in [0.05, 0.1) is 17.6 Å². The van der Waals surface area contributed by atoms with E-state index in [0.717, 1.165) is 5.69 Å². The summed E-state index contributed by atoms with van der Waals surface area (Å²) in [5.41, 5.74) is 2.05. The number of aromatic nitrogens is 3. The zero-order valence-electron chi connectivity index (χ0n) is 10.5. The van der Waals surface area contributed by atoms with Gasteiger partial charge in [-0.25, -0.2) is 4.68 Å². The van der Waals surface area contributed by atoms with Gasteiger partial charge >= 0.3 is 0 Å². The Morgan fingerprint density at radius 2 is 1.70 bits per heavy atom. The van der Waals surface area contributed by atoms with E-state index in [4.69, 9.17) is 11.6 Å². The van der Waals surface area contributed by atoms with E-state index in [0.29, 0.717) is 16.3 Å². The number of halogens is 1. The molecular weight excluding hydrogens is 274 g/mol. The van der Waals surface area contributed by atoms with Crippen molar-refractivity contribution in [3.63, 3.8) is 0 Å². The molecule has 100 valence electrons. The highest BCUT2D eigenvalue weighted by atomic mass is 35.5. The smallest absolute Gasteiger partial charge is 0.124 e. The minimum Gasteiger partial charge on any atom is -0.382 e. The van der Waals surface area contributed by atoms with E-state index in [1.165, 1.54) is 0 Å².